The monoisotopic (exact) mass is 373 g/mol. The van der Waals surface area contributed by atoms with Crippen LogP contribution in [0.2, 0.25) is 0 Å². The first-order valence-corrected chi connectivity index (χ1v) is 9.54. The van der Waals surface area contributed by atoms with Crippen molar-refractivity contribution in [3.8, 4) is 0 Å². The summed E-state index contributed by atoms with van der Waals surface area (Å²) in [4.78, 5) is 24.7. The van der Waals surface area contributed by atoms with Crippen LogP contribution in [0, 0.1) is 0 Å². The molecule has 0 saturated heterocycles. The molecule has 0 aliphatic heterocycles. The molecule has 142 valence electrons. The molecule has 0 bridgehead atoms. The van der Waals surface area contributed by atoms with E-state index in [1.54, 1.807) is 41.2 Å². The molecule has 28 heavy (non-hydrogen) atoms. The van der Waals surface area contributed by atoms with Crippen molar-refractivity contribution in [3.05, 3.63) is 102 Å². The Balaban J connectivity index is 1.49. The molecule has 3 aromatic rings. The zero-order valence-electron chi connectivity index (χ0n) is 16.0. The van der Waals surface area contributed by atoms with Crippen LogP contribution in [0.15, 0.2) is 85.2 Å². The molecule has 0 aliphatic rings. The smallest absolute Gasteiger partial charge is 0.286 e. The van der Waals surface area contributed by atoms with Crippen molar-refractivity contribution in [2.24, 2.45) is 0 Å². The van der Waals surface area contributed by atoms with Crippen LogP contribution in [-0.4, -0.2) is 17.7 Å². The fourth-order valence-corrected chi connectivity index (χ4v) is 3.06. The Hall–Kier alpha value is -3.27. The third-order valence-electron chi connectivity index (χ3n) is 4.63. The molecule has 0 fully saturated rings. The van der Waals surface area contributed by atoms with Crippen molar-refractivity contribution in [2.75, 3.05) is 0 Å². The summed E-state index contributed by atoms with van der Waals surface area (Å²) < 4.78 is 1.78. The molecule has 1 N–H and O–H groups in total. The summed E-state index contributed by atoms with van der Waals surface area (Å²) in [5, 5.41) is 3.04. The normalized spacial score (nSPS) is 11.6. The molecule has 1 atom stereocenters. The molecule has 4 nitrogen and oxygen atoms in total. The molecule has 2 aromatic carbocycles. The fraction of sp³-hybridized carbons (Fsp3) is 0.208. The van der Waals surface area contributed by atoms with Crippen LogP contribution in [0.1, 0.15) is 34.8 Å². The van der Waals surface area contributed by atoms with E-state index in [0.717, 1.165) is 12.8 Å². The number of hydrogen-bond acceptors (Lipinski definition) is 2. The van der Waals surface area contributed by atoms with Crippen molar-refractivity contribution < 1.29 is 14.2 Å². The first-order valence-electron chi connectivity index (χ1n) is 9.54. The van der Waals surface area contributed by atoms with Crippen LogP contribution >= 0.6 is 0 Å². The highest BCUT2D eigenvalue weighted by atomic mass is 16.2. The highest BCUT2D eigenvalue weighted by Crippen LogP contribution is 2.08. The molecule has 0 saturated carbocycles. The average Bonchev–Trinajstić information content (AvgIpc) is 2.73. The molecule has 0 aliphatic carbocycles. The molecule has 4 heteroatoms. The number of carbonyl (C=O) groups is 2. The lowest BCUT2D eigenvalue weighted by Crippen LogP contribution is -2.45. The van der Waals surface area contributed by atoms with Gasteiger partial charge in [-0.2, -0.15) is 4.57 Å². The van der Waals surface area contributed by atoms with E-state index in [1.165, 1.54) is 5.56 Å². The molecular weight excluding hydrogens is 348 g/mol. The molecular formula is C24H25N2O2+. The van der Waals surface area contributed by atoms with E-state index in [1.807, 2.05) is 43.3 Å². The van der Waals surface area contributed by atoms with Crippen LogP contribution in [0.5, 0.6) is 0 Å². The zero-order chi connectivity index (χ0) is 19.8. The summed E-state index contributed by atoms with van der Waals surface area (Å²) in [6.07, 6.45) is 5.37. The van der Waals surface area contributed by atoms with Gasteiger partial charge in [-0.1, -0.05) is 60.7 Å². The number of nitrogens with zero attached hydrogens (tertiary/aromatic N) is 1. The Kier molecular flexibility index (Phi) is 6.68. The quantitative estimate of drug-likeness (QED) is 0.486. The number of rotatable bonds is 8. The topological polar surface area (TPSA) is 50.1 Å². The highest BCUT2D eigenvalue weighted by Gasteiger charge is 2.14. The van der Waals surface area contributed by atoms with Crippen molar-refractivity contribution >= 4 is 11.7 Å². The third-order valence-corrected chi connectivity index (χ3v) is 4.63. The maximum absolute atomic E-state index is 12.4. The van der Waals surface area contributed by atoms with Gasteiger partial charge in [-0.3, -0.25) is 9.59 Å². The fourth-order valence-electron chi connectivity index (χ4n) is 3.06. The zero-order valence-corrected chi connectivity index (χ0v) is 16.0. The molecule has 0 unspecified atom stereocenters. The van der Waals surface area contributed by atoms with Crippen LogP contribution in [0.25, 0.3) is 0 Å². The second kappa shape index (κ2) is 9.60. The SMILES string of the molecule is C[C@H](CCc1ccccc1)NC(=O)C[n+]1ccc(C(=O)c2ccccc2)cc1. The van der Waals surface area contributed by atoms with E-state index in [-0.39, 0.29) is 24.3 Å². The maximum atomic E-state index is 12.4. The van der Waals surface area contributed by atoms with Gasteiger partial charge < -0.3 is 5.32 Å². The lowest BCUT2D eigenvalue weighted by molar-refractivity contribution is -0.684. The standard InChI is InChI=1S/C24H24N2O2/c1-19(12-13-20-8-4-2-5-9-20)25-23(27)18-26-16-14-22(15-17-26)24(28)21-10-6-3-7-11-21/h2-11,14-17,19H,12-13,18H2,1H3/p+1/t19-/m1/s1. The van der Waals surface area contributed by atoms with Gasteiger partial charge in [0.15, 0.2) is 18.2 Å². The van der Waals surface area contributed by atoms with Gasteiger partial charge in [-0.25, -0.2) is 0 Å². The van der Waals surface area contributed by atoms with Gasteiger partial charge in [0.1, 0.15) is 0 Å². The number of carbonyl (C=O) groups excluding carboxylic acids is 2. The lowest BCUT2D eigenvalue weighted by atomic mass is 10.0. The number of pyridine rings is 1. The Labute approximate surface area is 165 Å². The minimum absolute atomic E-state index is 0.0215. The largest absolute Gasteiger partial charge is 0.348 e. The number of amides is 1. The molecule has 1 heterocycles. The van der Waals surface area contributed by atoms with E-state index in [9.17, 15) is 9.59 Å². The number of nitrogens with one attached hydrogen (secondary N) is 1. The highest BCUT2D eigenvalue weighted by molar-refractivity contribution is 6.08. The van der Waals surface area contributed by atoms with E-state index in [2.05, 4.69) is 17.4 Å². The van der Waals surface area contributed by atoms with Gasteiger partial charge in [0.05, 0.1) is 0 Å². The van der Waals surface area contributed by atoms with Gasteiger partial charge in [0.25, 0.3) is 5.91 Å². The summed E-state index contributed by atoms with van der Waals surface area (Å²) >= 11 is 0. The number of aryl methyl sites for hydroxylation is 1. The van der Waals surface area contributed by atoms with Gasteiger partial charge in [0.2, 0.25) is 6.54 Å². The summed E-state index contributed by atoms with van der Waals surface area (Å²) in [7, 11) is 0. The number of aromatic nitrogens is 1. The van der Waals surface area contributed by atoms with Crippen LogP contribution < -0.4 is 9.88 Å². The minimum atomic E-state index is -0.0345. The van der Waals surface area contributed by atoms with Crippen LogP contribution in [0.4, 0.5) is 0 Å². The third kappa shape index (κ3) is 5.61. The molecule has 3 rings (SSSR count). The Morgan fingerprint density at radius 2 is 1.43 bits per heavy atom. The predicted octanol–water partition coefficient (Wildman–Crippen LogP) is 3.34. The van der Waals surface area contributed by atoms with Crippen molar-refractivity contribution in [2.45, 2.75) is 32.4 Å². The van der Waals surface area contributed by atoms with E-state index in [4.69, 9.17) is 0 Å². The summed E-state index contributed by atoms with van der Waals surface area (Å²) in [5.74, 6) is -0.0561. The molecule has 1 aromatic heterocycles. The Bertz CT molecular complexity index is 906. The molecule has 1 amide bonds. The van der Waals surface area contributed by atoms with E-state index >= 15 is 0 Å². The average molecular weight is 373 g/mol. The minimum Gasteiger partial charge on any atom is -0.348 e. The van der Waals surface area contributed by atoms with Crippen LogP contribution in [-0.2, 0) is 17.8 Å². The van der Waals surface area contributed by atoms with Gasteiger partial charge >= 0.3 is 0 Å². The van der Waals surface area contributed by atoms with Crippen molar-refractivity contribution in [1.29, 1.82) is 0 Å². The maximum Gasteiger partial charge on any atom is 0.286 e. The Morgan fingerprint density at radius 3 is 2.07 bits per heavy atom. The summed E-state index contributed by atoms with van der Waals surface area (Å²) in [5.41, 5.74) is 2.54. The van der Waals surface area contributed by atoms with Gasteiger partial charge in [0, 0.05) is 29.3 Å². The lowest BCUT2D eigenvalue weighted by Gasteiger charge is -2.12. The second-order valence-electron chi connectivity index (χ2n) is 6.95. The second-order valence-corrected chi connectivity index (χ2v) is 6.95. The van der Waals surface area contributed by atoms with Gasteiger partial charge in [-0.05, 0) is 25.3 Å². The van der Waals surface area contributed by atoms with E-state index in [0.29, 0.717) is 11.1 Å². The van der Waals surface area contributed by atoms with Crippen LogP contribution in [0.3, 0.4) is 0 Å². The summed E-state index contributed by atoms with van der Waals surface area (Å²) in [6.45, 7) is 2.25. The predicted molar refractivity (Wildman–Crippen MR) is 109 cm³/mol. The first kappa shape index (κ1) is 19.5. The number of benzene rings is 2. The van der Waals surface area contributed by atoms with Crippen molar-refractivity contribution in [3.63, 3.8) is 0 Å². The summed E-state index contributed by atoms with van der Waals surface area (Å²) in [6, 6.07) is 23.0. The molecule has 0 spiro atoms. The first-order chi connectivity index (χ1) is 13.6. The Morgan fingerprint density at radius 1 is 0.857 bits per heavy atom. The molecule has 0 radical (unpaired) electrons. The number of hydrogen-bond donors (Lipinski definition) is 1. The number of ketones is 1. The van der Waals surface area contributed by atoms with E-state index < -0.39 is 0 Å². The van der Waals surface area contributed by atoms with Gasteiger partial charge in [-0.15, -0.1) is 0 Å². The van der Waals surface area contributed by atoms with Crippen molar-refractivity contribution in [1.82, 2.24) is 5.32 Å².